The molecule has 152 valence electrons. The third-order valence-corrected chi connectivity index (χ3v) is 3.90. The van der Waals surface area contributed by atoms with Gasteiger partial charge in [-0.1, -0.05) is 0 Å². The average molecular weight is 420 g/mol. The molecule has 3 heterocycles. The third kappa shape index (κ3) is 3.94. The number of hydrogen-bond acceptors (Lipinski definition) is 8. The Kier molecular flexibility index (Phi) is 6.29. The van der Waals surface area contributed by atoms with Gasteiger partial charge in [0.2, 0.25) is 6.23 Å². The lowest BCUT2D eigenvalue weighted by Crippen LogP contribution is -2.41. The number of nitrogens with zero attached hydrogens (tertiary/aromatic N) is 3. The number of aliphatic hydroxyl groups is 2. The Balaban J connectivity index is 0.00000280. The van der Waals surface area contributed by atoms with Crippen molar-refractivity contribution >= 4 is 29.8 Å². The molecule has 2 aromatic rings. The Hall–Kier alpha value is -2.67. The molecule has 5 N–H and O–H groups in total. The van der Waals surface area contributed by atoms with Crippen molar-refractivity contribution in [2.75, 3.05) is 17.7 Å². The molecule has 1 saturated heterocycles. The summed E-state index contributed by atoms with van der Waals surface area (Å²) >= 11 is 0. The number of halogens is 3. The second kappa shape index (κ2) is 8.14. The van der Waals surface area contributed by atoms with Crippen molar-refractivity contribution in [2.24, 2.45) is 0 Å². The maximum absolute atomic E-state index is 14.1. The highest BCUT2D eigenvalue weighted by atomic mass is 35.5. The van der Waals surface area contributed by atoms with Crippen LogP contribution in [0, 0.1) is 0 Å². The molecule has 28 heavy (non-hydrogen) atoms. The molecule has 13 heteroatoms. The first-order valence-corrected chi connectivity index (χ1v) is 7.68. The maximum atomic E-state index is 14.1. The van der Waals surface area contributed by atoms with Crippen LogP contribution in [-0.4, -0.2) is 55.4 Å². The topological polar surface area (TPSA) is 153 Å². The fraction of sp³-hybridized carbons (Fsp3) is 0.333. The fourth-order valence-corrected chi connectivity index (χ4v) is 2.50. The van der Waals surface area contributed by atoms with E-state index in [9.17, 15) is 23.5 Å². The number of rotatable bonds is 4. The normalized spacial score (nSPS) is 23.1. The van der Waals surface area contributed by atoms with Crippen molar-refractivity contribution in [3.05, 3.63) is 46.8 Å². The lowest BCUT2D eigenvalue weighted by Gasteiger charge is -2.21. The smallest absolute Gasteiger partial charge is 0.351 e. The van der Waals surface area contributed by atoms with Crippen LogP contribution < -0.4 is 16.7 Å². The number of carbonyl (C=O) groups excluding carboxylic acids is 1. The molecule has 0 bridgehead atoms. The van der Waals surface area contributed by atoms with Gasteiger partial charge in [-0.05, 0) is 18.2 Å². The first-order valence-electron chi connectivity index (χ1n) is 7.68. The average Bonchev–Trinajstić information content (AvgIpc) is 2.85. The molecule has 1 amide bonds. The number of alkyl halides is 2. The van der Waals surface area contributed by atoms with Gasteiger partial charge < -0.3 is 26.0 Å². The minimum atomic E-state index is -3.82. The molecule has 1 unspecified atom stereocenters. The third-order valence-electron chi connectivity index (χ3n) is 3.90. The molecule has 10 nitrogen and oxygen atoms in total. The van der Waals surface area contributed by atoms with E-state index in [1.165, 1.54) is 18.3 Å². The summed E-state index contributed by atoms with van der Waals surface area (Å²) in [6, 6.07) is 3.92. The summed E-state index contributed by atoms with van der Waals surface area (Å²) in [5, 5.41) is 20.8. The number of aromatic nitrogens is 3. The number of nitrogen functional groups attached to an aromatic ring is 1. The number of pyridine rings is 1. The molecule has 0 radical (unpaired) electrons. The Morgan fingerprint density at radius 2 is 2.11 bits per heavy atom. The summed E-state index contributed by atoms with van der Waals surface area (Å²) in [5.74, 6) is -4.70. The first-order chi connectivity index (χ1) is 12.7. The zero-order valence-corrected chi connectivity index (χ0v) is 14.8. The molecule has 0 saturated carbocycles. The van der Waals surface area contributed by atoms with Gasteiger partial charge in [-0.25, -0.2) is 9.78 Å². The molecule has 1 fully saturated rings. The number of amides is 1. The molecule has 0 spiro atoms. The van der Waals surface area contributed by atoms with E-state index < -0.39 is 42.6 Å². The summed E-state index contributed by atoms with van der Waals surface area (Å²) in [6.07, 6.45) is -3.77. The van der Waals surface area contributed by atoms with Crippen molar-refractivity contribution in [3.8, 4) is 0 Å². The van der Waals surface area contributed by atoms with E-state index >= 15 is 0 Å². The van der Waals surface area contributed by atoms with Crippen LogP contribution in [0.5, 0.6) is 0 Å². The molecule has 1 aliphatic rings. The first kappa shape index (κ1) is 21.6. The molecule has 3 atom stereocenters. The van der Waals surface area contributed by atoms with Crippen LogP contribution in [0.15, 0.2) is 35.4 Å². The van der Waals surface area contributed by atoms with Crippen molar-refractivity contribution in [3.63, 3.8) is 0 Å². The molecule has 1 aliphatic heterocycles. The number of nitrogens with one attached hydrogen (secondary N) is 1. The number of anilines is 2. The van der Waals surface area contributed by atoms with Gasteiger partial charge in [-0.3, -0.25) is 9.36 Å². The molecular weight excluding hydrogens is 404 g/mol. The standard InChI is InChI=1S/C15H15F2N5O5.ClH/c16-15(17)11(24)9(6-23)27-13(15)22-4-3-10(21-14(22)26)20-12(25)8-2-1-7(18)5-19-8;/h1-5,9,11,13,23-24H,6,18H2,(H,20,21,25,26);1H/t9-,11?,13-;/m1./s1. The van der Waals surface area contributed by atoms with E-state index in [1.807, 2.05) is 0 Å². The molecule has 0 aliphatic carbocycles. The maximum Gasteiger partial charge on any atom is 0.351 e. The lowest BCUT2D eigenvalue weighted by molar-refractivity contribution is -0.140. The predicted molar refractivity (Wildman–Crippen MR) is 94.3 cm³/mol. The van der Waals surface area contributed by atoms with Crippen molar-refractivity contribution in [2.45, 2.75) is 24.4 Å². The zero-order valence-electron chi connectivity index (χ0n) is 14.0. The highest BCUT2D eigenvalue weighted by molar-refractivity contribution is 6.02. The van der Waals surface area contributed by atoms with E-state index in [2.05, 4.69) is 15.3 Å². The number of aliphatic hydroxyl groups excluding tert-OH is 2. The number of carbonyl (C=O) groups is 1. The van der Waals surface area contributed by atoms with Crippen LogP contribution in [0.25, 0.3) is 0 Å². The van der Waals surface area contributed by atoms with Gasteiger partial charge in [0.25, 0.3) is 5.91 Å². The van der Waals surface area contributed by atoms with Crippen molar-refractivity contribution < 1.29 is 28.5 Å². The Bertz CT molecular complexity index is 910. The van der Waals surface area contributed by atoms with Crippen molar-refractivity contribution in [1.29, 1.82) is 0 Å². The Labute approximate surface area is 162 Å². The molecule has 2 aromatic heterocycles. The van der Waals surface area contributed by atoms with Gasteiger partial charge in [-0.2, -0.15) is 13.8 Å². The number of hydrogen-bond donors (Lipinski definition) is 4. The summed E-state index contributed by atoms with van der Waals surface area (Å²) < 4.78 is 33.6. The molecular formula is C15H16ClF2N5O5. The van der Waals surface area contributed by atoms with Crippen LogP contribution in [-0.2, 0) is 4.74 Å². The van der Waals surface area contributed by atoms with Crippen LogP contribution in [0.3, 0.4) is 0 Å². The van der Waals surface area contributed by atoms with Gasteiger partial charge >= 0.3 is 11.6 Å². The van der Waals surface area contributed by atoms with Crippen LogP contribution in [0.1, 0.15) is 16.7 Å². The minimum absolute atomic E-state index is 0. The highest BCUT2D eigenvalue weighted by Crippen LogP contribution is 2.41. The van der Waals surface area contributed by atoms with Crippen LogP contribution in [0.2, 0.25) is 0 Å². The second-order valence-corrected chi connectivity index (χ2v) is 5.76. The van der Waals surface area contributed by atoms with E-state index in [0.29, 0.717) is 10.3 Å². The van der Waals surface area contributed by atoms with E-state index in [-0.39, 0.29) is 23.9 Å². The zero-order chi connectivity index (χ0) is 19.8. The lowest BCUT2D eigenvalue weighted by atomic mass is 10.1. The van der Waals surface area contributed by atoms with Crippen LogP contribution >= 0.6 is 12.4 Å². The summed E-state index contributed by atoms with van der Waals surface area (Å²) in [7, 11) is 0. The summed E-state index contributed by atoms with van der Waals surface area (Å²) in [6.45, 7) is -0.849. The quantitative estimate of drug-likeness (QED) is 0.530. The fourth-order valence-electron chi connectivity index (χ4n) is 2.50. The van der Waals surface area contributed by atoms with Gasteiger partial charge in [0, 0.05) is 6.20 Å². The number of ether oxygens (including phenoxy) is 1. The van der Waals surface area contributed by atoms with E-state index in [4.69, 9.17) is 15.6 Å². The van der Waals surface area contributed by atoms with Gasteiger partial charge in [-0.15, -0.1) is 12.4 Å². The number of nitrogens with two attached hydrogens (primary N) is 1. The summed E-state index contributed by atoms with van der Waals surface area (Å²) in [4.78, 5) is 31.4. The minimum Gasteiger partial charge on any atom is -0.397 e. The van der Waals surface area contributed by atoms with Crippen LogP contribution in [0.4, 0.5) is 20.3 Å². The monoisotopic (exact) mass is 419 g/mol. The molecule has 0 aromatic carbocycles. The summed E-state index contributed by atoms with van der Waals surface area (Å²) in [5.41, 5.74) is 4.69. The van der Waals surface area contributed by atoms with Crippen molar-refractivity contribution in [1.82, 2.24) is 14.5 Å². The largest absolute Gasteiger partial charge is 0.397 e. The van der Waals surface area contributed by atoms with Gasteiger partial charge in [0.1, 0.15) is 17.6 Å². The Morgan fingerprint density at radius 1 is 1.39 bits per heavy atom. The predicted octanol–water partition coefficient (Wildman–Crippen LogP) is -0.220. The second-order valence-electron chi connectivity index (χ2n) is 5.76. The molecule has 3 rings (SSSR count). The van der Waals surface area contributed by atoms with Gasteiger partial charge in [0.15, 0.2) is 6.10 Å². The van der Waals surface area contributed by atoms with E-state index in [1.54, 1.807) is 0 Å². The Morgan fingerprint density at radius 3 is 2.64 bits per heavy atom. The SMILES string of the molecule is Cl.Nc1ccc(C(=O)Nc2ccn([C@@H]3O[C@H](CO)C(O)C3(F)F)c(=O)n2)nc1. The van der Waals surface area contributed by atoms with Gasteiger partial charge in [0.05, 0.1) is 18.5 Å². The van der Waals surface area contributed by atoms with E-state index in [0.717, 1.165) is 12.3 Å². The highest BCUT2D eigenvalue weighted by Gasteiger charge is 2.59.